The molecule has 0 aromatic carbocycles. The monoisotopic (exact) mass is 180 g/mol. The van der Waals surface area contributed by atoms with Crippen molar-refractivity contribution >= 4 is 17.8 Å². The summed E-state index contributed by atoms with van der Waals surface area (Å²) >= 11 is 1.78. The van der Waals surface area contributed by atoms with Gasteiger partial charge in [-0.25, -0.2) is 0 Å². The number of hydrogen-bond acceptors (Lipinski definition) is 2. The van der Waals surface area contributed by atoms with E-state index in [1.54, 1.807) is 18.0 Å². The van der Waals surface area contributed by atoms with E-state index in [1.807, 2.05) is 30.4 Å². The molecule has 0 unspecified atom stereocenters. The molecule has 1 aromatic rings. The van der Waals surface area contributed by atoms with E-state index in [1.165, 1.54) is 0 Å². The van der Waals surface area contributed by atoms with Crippen molar-refractivity contribution < 1.29 is 4.42 Å². The molecular weight excluding hydrogens is 168 g/mol. The molecule has 64 valence electrons. The first-order valence-corrected chi connectivity index (χ1v) is 4.96. The summed E-state index contributed by atoms with van der Waals surface area (Å²) in [6.07, 6.45) is 7.59. The molecule has 0 amide bonds. The molecule has 0 aliphatic heterocycles. The molecule has 0 spiro atoms. The molecule has 0 aliphatic carbocycles. The predicted molar refractivity (Wildman–Crippen MR) is 55.0 cm³/mol. The van der Waals surface area contributed by atoms with Crippen molar-refractivity contribution in [2.45, 2.75) is 6.92 Å². The Morgan fingerprint density at radius 2 is 2.42 bits per heavy atom. The zero-order valence-electron chi connectivity index (χ0n) is 7.07. The Morgan fingerprint density at radius 3 is 3.08 bits per heavy atom. The van der Waals surface area contributed by atoms with E-state index < -0.39 is 0 Å². The fourth-order valence-electron chi connectivity index (χ4n) is 0.734. The average Bonchev–Trinajstić information content (AvgIpc) is 2.57. The van der Waals surface area contributed by atoms with Gasteiger partial charge in [0.1, 0.15) is 5.76 Å². The third-order valence-electron chi connectivity index (χ3n) is 1.26. The van der Waals surface area contributed by atoms with Crippen molar-refractivity contribution in [2.75, 3.05) is 5.75 Å². The van der Waals surface area contributed by atoms with Crippen LogP contribution in [0.1, 0.15) is 12.7 Å². The first-order chi connectivity index (χ1) is 5.93. The molecule has 0 saturated carbocycles. The van der Waals surface area contributed by atoms with Crippen LogP contribution in [-0.4, -0.2) is 5.75 Å². The highest BCUT2D eigenvalue weighted by molar-refractivity contribution is 8.02. The quantitative estimate of drug-likeness (QED) is 0.657. The Labute approximate surface area is 77.2 Å². The Kier molecular flexibility index (Phi) is 4.39. The van der Waals surface area contributed by atoms with Crippen LogP contribution in [0.5, 0.6) is 0 Å². The van der Waals surface area contributed by atoms with Crippen LogP contribution in [0.15, 0.2) is 40.4 Å². The van der Waals surface area contributed by atoms with Crippen molar-refractivity contribution in [3.63, 3.8) is 0 Å². The van der Waals surface area contributed by atoms with Gasteiger partial charge in [-0.2, -0.15) is 0 Å². The molecule has 1 nitrogen and oxygen atoms in total. The lowest BCUT2D eigenvalue weighted by atomic mass is 10.4. The molecule has 0 aliphatic rings. The molecule has 1 heterocycles. The van der Waals surface area contributed by atoms with Crippen molar-refractivity contribution in [3.8, 4) is 0 Å². The standard InChI is InChI=1S/C10H12OS/c1-2-12-9-4-3-6-10-7-5-8-11-10/h3-9H,2H2,1H3/b6-3-,9-4+. The maximum Gasteiger partial charge on any atom is 0.126 e. The van der Waals surface area contributed by atoms with Gasteiger partial charge in [-0.3, -0.25) is 0 Å². The van der Waals surface area contributed by atoms with E-state index in [4.69, 9.17) is 4.42 Å². The summed E-state index contributed by atoms with van der Waals surface area (Å²) in [6.45, 7) is 2.13. The van der Waals surface area contributed by atoms with Gasteiger partial charge in [0, 0.05) is 0 Å². The number of hydrogen-bond donors (Lipinski definition) is 0. The van der Waals surface area contributed by atoms with E-state index in [9.17, 15) is 0 Å². The number of furan rings is 1. The second-order valence-electron chi connectivity index (χ2n) is 2.16. The molecule has 12 heavy (non-hydrogen) atoms. The largest absolute Gasteiger partial charge is 0.465 e. The predicted octanol–water partition coefficient (Wildman–Crippen LogP) is 3.56. The molecule has 2 heteroatoms. The number of thioether (sulfide) groups is 1. The van der Waals surface area contributed by atoms with Gasteiger partial charge in [0.15, 0.2) is 0 Å². The summed E-state index contributed by atoms with van der Waals surface area (Å²) in [4.78, 5) is 0. The molecule has 0 radical (unpaired) electrons. The zero-order valence-corrected chi connectivity index (χ0v) is 7.88. The van der Waals surface area contributed by atoms with Gasteiger partial charge in [-0.1, -0.05) is 19.1 Å². The molecule has 1 rings (SSSR count). The van der Waals surface area contributed by atoms with E-state index in [2.05, 4.69) is 12.3 Å². The van der Waals surface area contributed by atoms with Crippen LogP contribution in [0, 0.1) is 0 Å². The Hall–Kier alpha value is -0.890. The normalized spacial score (nSPS) is 11.8. The average molecular weight is 180 g/mol. The lowest BCUT2D eigenvalue weighted by Gasteiger charge is -1.81. The summed E-state index contributed by atoms with van der Waals surface area (Å²) < 4.78 is 5.11. The van der Waals surface area contributed by atoms with Crippen LogP contribution in [-0.2, 0) is 0 Å². The van der Waals surface area contributed by atoms with Crippen molar-refractivity contribution in [1.82, 2.24) is 0 Å². The summed E-state index contributed by atoms with van der Waals surface area (Å²) in [5.41, 5.74) is 0. The van der Waals surface area contributed by atoms with Crippen LogP contribution in [0.2, 0.25) is 0 Å². The molecule has 0 atom stereocenters. The third-order valence-corrected chi connectivity index (χ3v) is 1.94. The van der Waals surface area contributed by atoms with Gasteiger partial charge >= 0.3 is 0 Å². The van der Waals surface area contributed by atoms with E-state index in [0.29, 0.717) is 0 Å². The van der Waals surface area contributed by atoms with Crippen LogP contribution in [0.3, 0.4) is 0 Å². The zero-order chi connectivity index (χ0) is 8.65. The van der Waals surface area contributed by atoms with E-state index >= 15 is 0 Å². The second-order valence-corrected chi connectivity index (χ2v) is 3.34. The van der Waals surface area contributed by atoms with Gasteiger partial charge in [-0.15, -0.1) is 11.8 Å². The smallest absolute Gasteiger partial charge is 0.126 e. The minimum atomic E-state index is 0.890. The molecule has 0 saturated heterocycles. The van der Waals surface area contributed by atoms with E-state index in [-0.39, 0.29) is 0 Å². The maximum absolute atomic E-state index is 5.11. The summed E-state index contributed by atoms with van der Waals surface area (Å²) in [5, 5.41) is 2.07. The van der Waals surface area contributed by atoms with Crippen LogP contribution in [0.4, 0.5) is 0 Å². The van der Waals surface area contributed by atoms with Gasteiger partial charge in [-0.05, 0) is 29.4 Å². The van der Waals surface area contributed by atoms with Gasteiger partial charge in [0.05, 0.1) is 6.26 Å². The highest BCUT2D eigenvalue weighted by atomic mass is 32.2. The fraction of sp³-hybridized carbons (Fsp3) is 0.200. The van der Waals surface area contributed by atoms with Gasteiger partial charge < -0.3 is 4.42 Å². The lowest BCUT2D eigenvalue weighted by Crippen LogP contribution is -1.58. The second kappa shape index (κ2) is 5.72. The SMILES string of the molecule is CCS/C=C/C=C\c1ccco1. The van der Waals surface area contributed by atoms with Crippen molar-refractivity contribution in [3.05, 3.63) is 41.7 Å². The number of allylic oxidation sites excluding steroid dienone is 2. The summed E-state index contributed by atoms with van der Waals surface area (Å²) in [7, 11) is 0. The fourth-order valence-corrected chi connectivity index (χ4v) is 1.13. The van der Waals surface area contributed by atoms with Crippen molar-refractivity contribution in [2.24, 2.45) is 0 Å². The van der Waals surface area contributed by atoms with Crippen LogP contribution >= 0.6 is 11.8 Å². The molecular formula is C10H12OS. The Bertz CT molecular complexity index is 247. The maximum atomic E-state index is 5.11. The lowest BCUT2D eigenvalue weighted by molar-refractivity contribution is 0.557. The van der Waals surface area contributed by atoms with Crippen LogP contribution < -0.4 is 0 Å². The van der Waals surface area contributed by atoms with Gasteiger partial charge in [0.25, 0.3) is 0 Å². The van der Waals surface area contributed by atoms with Crippen molar-refractivity contribution in [1.29, 1.82) is 0 Å². The molecule has 0 bridgehead atoms. The highest BCUT2D eigenvalue weighted by Crippen LogP contribution is 2.04. The topological polar surface area (TPSA) is 13.1 Å². The molecule has 0 N–H and O–H groups in total. The molecule has 0 fully saturated rings. The summed E-state index contributed by atoms with van der Waals surface area (Å²) in [5.74, 6) is 2.01. The first-order valence-electron chi connectivity index (χ1n) is 3.92. The minimum absolute atomic E-state index is 0.890. The highest BCUT2D eigenvalue weighted by Gasteiger charge is 1.83. The summed E-state index contributed by atoms with van der Waals surface area (Å²) in [6, 6.07) is 3.81. The molecule has 1 aromatic heterocycles. The number of rotatable bonds is 4. The van der Waals surface area contributed by atoms with Gasteiger partial charge in [0.2, 0.25) is 0 Å². The Morgan fingerprint density at radius 1 is 1.50 bits per heavy atom. The Balaban J connectivity index is 2.31. The van der Waals surface area contributed by atoms with Crippen LogP contribution in [0.25, 0.3) is 6.08 Å². The third kappa shape index (κ3) is 3.49. The van der Waals surface area contributed by atoms with E-state index in [0.717, 1.165) is 11.5 Å². The minimum Gasteiger partial charge on any atom is -0.465 e. The first kappa shape index (κ1) is 9.20.